The predicted octanol–water partition coefficient (Wildman–Crippen LogP) is 0.847. The molecule has 0 aliphatic carbocycles. The van der Waals surface area contributed by atoms with E-state index in [9.17, 15) is 4.79 Å². The summed E-state index contributed by atoms with van der Waals surface area (Å²) < 4.78 is 0. The molecule has 2 fully saturated rings. The maximum Gasteiger partial charge on any atom is 0.144 e. The zero-order valence-corrected chi connectivity index (χ0v) is 10.1. The van der Waals surface area contributed by atoms with E-state index in [1.165, 1.54) is 0 Å². The van der Waals surface area contributed by atoms with Crippen molar-refractivity contribution in [1.82, 2.24) is 9.80 Å². The van der Waals surface area contributed by atoms with Gasteiger partial charge in [-0.3, -0.25) is 9.69 Å². The number of carbonyl (C=O) groups excluding carboxylic acids is 1. The van der Waals surface area contributed by atoms with Gasteiger partial charge in [0.25, 0.3) is 0 Å². The van der Waals surface area contributed by atoms with Gasteiger partial charge in [0, 0.05) is 44.1 Å². The number of ketones is 1. The summed E-state index contributed by atoms with van der Waals surface area (Å²) in [5, 5.41) is 0. The summed E-state index contributed by atoms with van der Waals surface area (Å²) >= 11 is 0. The van der Waals surface area contributed by atoms with Crippen LogP contribution in [-0.2, 0) is 4.79 Å². The Balaban J connectivity index is 2.07. The van der Waals surface area contributed by atoms with Gasteiger partial charge < -0.3 is 4.90 Å². The van der Waals surface area contributed by atoms with Crippen molar-refractivity contribution < 1.29 is 4.79 Å². The summed E-state index contributed by atoms with van der Waals surface area (Å²) in [5.74, 6) is 1.08. The second-order valence-corrected chi connectivity index (χ2v) is 5.20. The second kappa shape index (κ2) is 4.22. The van der Waals surface area contributed by atoms with Crippen molar-refractivity contribution in [2.75, 3.05) is 32.7 Å². The first-order valence-electron chi connectivity index (χ1n) is 6.12. The van der Waals surface area contributed by atoms with E-state index < -0.39 is 0 Å². The van der Waals surface area contributed by atoms with Crippen LogP contribution in [0.25, 0.3) is 0 Å². The Morgan fingerprint density at radius 1 is 1.20 bits per heavy atom. The van der Waals surface area contributed by atoms with Crippen LogP contribution in [0.1, 0.15) is 20.8 Å². The van der Waals surface area contributed by atoms with Crippen LogP contribution in [0.3, 0.4) is 0 Å². The van der Waals surface area contributed by atoms with Crippen LogP contribution < -0.4 is 0 Å². The van der Waals surface area contributed by atoms with Crippen LogP contribution >= 0.6 is 0 Å². The van der Waals surface area contributed by atoms with Gasteiger partial charge in [-0.05, 0) is 20.4 Å². The summed E-state index contributed by atoms with van der Waals surface area (Å²) in [6.07, 6.45) is 0. The van der Waals surface area contributed by atoms with Gasteiger partial charge in [-0.15, -0.1) is 0 Å². The quantitative estimate of drug-likeness (QED) is 0.675. The van der Waals surface area contributed by atoms with E-state index in [1.807, 2.05) is 0 Å². The van der Waals surface area contributed by atoms with Crippen molar-refractivity contribution in [2.45, 2.75) is 26.8 Å². The zero-order chi connectivity index (χ0) is 11.0. The number of carbonyl (C=O) groups is 1. The Kier molecular flexibility index (Phi) is 3.12. The topological polar surface area (TPSA) is 23.6 Å². The number of hydrogen-bond donors (Lipinski definition) is 0. The molecule has 0 aromatic carbocycles. The normalized spacial score (nSPS) is 33.7. The number of likely N-dealkylation sites (tertiary alicyclic amines) is 2. The molecule has 3 nitrogen and oxygen atoms in total. The van der Waals surface area contributed by atoms with Crippen LogP contribution in [0, 0.1) is 11.8 Å². The molecular weight excluding hydrogens is 188 g/mol. The van der Waals surface area contributed by atoms with Crippen molar-refractivity contribution >= 4 is 5.78 Å². The molecule has 0 radical (unpaired) electrons. The van der Waals surface area contributed by atoms with Gasteiger partial charge in [0.1, 0.15) is 5.78 Å². The second-order valence-electron chi connectivity index (χ2n) is 5.20. The molecule has 3 heteroatoms. The molecule has 2 unspecified atom stereocenters. The van der Waals surface area contributed by atoms with Crippen molar-refractivity contribution in [2.24, 2.45) is 11.8 Å². The first-order chi connectivity index (χ1) is 7.11. The van der Waals surface area contributed by atoms with Crippen LogP contribution in [0.2, 0.25) is 0 Å². The smallest absolute Gasteiger partial charge is 0.144 e. The molecule has 0 aromatic rings. The summed E-state index contributed by atoms with van der Waals surface area (Å²) in [7, 11) is 0. The average Bonchev–Trinajstić information content (AvgIpc) is 2.16. The highest BCUT2D eigenvalue weighted by Crippen LogP contribution is 2.26. The minimum atomic E-state index is 0.278. The molecule has 15 heavy (non-hydrogen) atoms. The Hall–Kier alpha value is -0.410. The van der Waals surface area contributed by atoms with Gasteiger partial charge in [0.2, 0.25) is 0 Å². The van der Waals surface area contributed by atoms with Crippen molar-refractivity contribution in [3.8, 4) is 0 Å². The van der Waals surface area contributed by atoms with E-state index in [4.69, 9.17) is 0 Å². The summed E-state index contributed by atoms with van der Waals surface area (Å²) in [5.41, 5.74) is 0. The van der Waals surface area contributed by atoms with E-state index >= 15 is 0 Å². The van der Waals surface area contributed by atoms with E-state index in [-0.39, 0.29) is 11.8 Å². The number of nitrogens with zero attached hydrogens (tertiary/aromatic N) is 2. The van der Waals surface area contributed by atoms with Crippen LogP contribution in [0.5, 0.6) is 0 Å². The minimum Gasteiger partial charge on any atom is -0.302 e. The summed E-state index contributed by atoms with van der Waals surface area (Å²) in [6, 6.07) is 0.580. The van der Waals surface area contributed by atoms with Crippen LogP contribution in [0.4, 0.5) is 0 Å². The highest BCUT2D eigenvalue weighted by molar-refractivity contribution is 5.85. The monoisotopic (exact) mass is 210 g/mol. The standard InChI is InChI=1S/C12H22N2O/c1-4-13-5-10-7-14(9(2)3)8-11(6-13)12(10)15/h9-11H,4-8H2,1-3H3. The Morgan fingerprint density at radius 2 is 1.73 bits per heavy atom. The van der Waals surface area contributed by atoms with E-state index in [0.717, 1.165) is 32.7 Å². The number of rotatable bonds is 2. The lowest BCUT2D eigenvalue weighted by molar-refractivity contribution is -0.138. The lowest BCUT2D eigenvalue weighted by Gasteiger charge is -2.45. The molecule has 0 aromatic heterocycles. The maximum absolute atomic E-state index is 12.0. The molecule has 0 N–H and O–H groups in total. The molecule has 2 rings (SSSR count). The summed E-state index contributed by atoms with van der Waals surface area (Å²) in [4.78, 5) is 16.9. The first kappa shape index (κ1) is 11.1. The molecule has 2 bridgehead atoms. The third-order valence-corrected chi connectivity index (χ3v) is 3.85. The third-order valence-electron chi connectivity index (χ3n) is 3.85. The molecule has 2 atom stereocenters. The van der Waals surface area contributed by atoms with Gasteiger partial charge in [0.15, 0.2) is 0 Å². The molecule has 86 valence electrons. The average molecular weight is 210 g/mol. The van der Waals surface area contributed by atoms with Crippen molar-refractivity contribution in [1.29, 1.82) is 0 Å². The SMILES string of the molecule is CCN1CC2CN(C(C)C)CC(C1)C2=O. The molecule has 2 aliphatic rings. The Labute approximate surface area is 92.4 Å². The molecule has 0 saturated carbocycles. The van der Waals surface area contributed by atoms with E-state index in [0.29, 0.717) is 11.8 Å². The van der Waals surface area contributed by atoms with Crippen molar-refractivity contribution in [3.63, 3.8) is 0 Å². The third kappa shape index (κ3) is 2.08. The lowest BCUT2D eigenvalue weighted by atomic mass is 9.83. The van der Waals surface area contributed by atoms with E-state index in [2.05, 4.69) is 30.6 Å². The van der Waals surface area contributed by atoms with Gasteiger partial charge in [-0.25, -0.2) is 0 Å². The van der Waals surface area contributed by atoms with Crippen LogP contribution in [0.15, 0.2) is 0 Å². The van der Waals surface area contributed by atoms with Crippen LogP contribution in [-0.4, -0.2) is 54.3 Å². The first-order valence-corrected chi connectivity index (χ1v) is 6.12. The van der Waals surface area contributed by atoms with Gasteiger partial charge in [-0.1, -0.05) is 6.92 Å². The van der Waals surface area contributed by atoms with Gasteiger partial charge in [-0.2, -0.15) is 0 Å². The fraction of sp³-hybridized carbons (Fsp3) is 0.917. The molecule has 2 heterocycles. The summed E-state index contributed by atoms with van der Waals surface area (Å²) in [6.45, 7) is 11.6. The maximum atomic E-state index is 12.0. The lowest BCUT2D eigenvalue weighted by Crippen LogP contribution is -2.59. The largest absolute Gasteiger partial charge is 0.302 e. The number of hydrogen-bond acceptors (Lipinski definition) is 3. The number of fused-ring (bicyclic) bond motifs is 2. The fourth-order valence-corrected chi connectivity index (χ4v) is 2.83. The van der Waals surface area contributed by atoms with Crippen molar-refractivity contribution in [3.05, 3.63) is 0 Å². The fourth-order valence-electron chi connectivity index (χ4n) is 2.83. The molecular formula is C12H22N2O. The Morgan fingerprint density at radius 3 is 2.13 bits per heavy atom. The Bertz CT molecular complexity index is 234. The van der Waals surface area contributed by atoms with Gasteiger partial charge in [0.05, 0.1) is 0 Å². The number of Topliss-reactive ketones (excluding diaryl/α,β-unsaturated/α-hetero) is 1. The molecule has 2 saturated heterocycles. The van der Waals surface area contributed by atoms with E-state index in [1.54, 1.807) is 0 Å². The number of piperidine rings is 2. The predicted molar refractivity (Wildman–Crippen MR) is 60.8 cm³/mol. The molecule has 0 spiro atoms. The minimum absolute atomic E-state index is 0.278. The zero-order valence-electron chi connectivity index (χ0n) is 10.1. The highest BCUT2D eigenvalue weighted by atomic mass is 16.1. The molecule has 0 amide bonds. The molecule has 2 aliphatic heterocycles. The van der Waals surface area contributed by atoms with Gasteiger partial charge >= 0.3 is 0 Å². The highest BCUT2D eigenvalue weighted by Gasteiger charge is 2.40.